The van der Waals surface area contributed by atoms with Crippen LogP contribution in [0.2, 0.25) is 0 Å². The van der Waals surface area contributed by atoms with Crippen LogP contribution in [0.4, 0.5) is 17.1 Å². The molecule has 0 heterocycles. The van der Waals surface area contributed by atoms with Crippen LogP contribution in [0.15, 0.2) is 273 Å². The van der Waals surface area contributed by atoms with Gasteiger partial charge in [-0.2, -0.15) is 0 Å². The molecule has 0 unspecified atom stereocenters. The van der Waals surface area contributed by atoms with E-state index in [0.717, 1.165) is 17.1 Å². The molecule has 13 aromatic rings. The second-order valence-electron chi connectivity index (χ2n) is 23.4. The van der Waals surface area contributed by atoms with Crippen LogP contribution in [0.25, 0.3) is 88.0 Å². The third-order valence-electron chi connectivity index (χ3n) is 18.8. The first kappa shape index (κ1) is 46.5. The topological polar surface area (TPSA) is 3.24 Å². The van der Waals surface area contributed by atoms with Gasteiger partial charge in [-0.05, 0) is 157 Å². The molecule has 80 heavy (non-hydrogen) atoms. The third-order valence-corrected chi connectivity index (χ3v) is 18.8. The monoisotopic (exact) mass is 1020 g/mol. The summed E-state index contributed by atoms with van der Waals surface area (Å²) in [4.78, 5) is 2.54. The molecule has 0 atom stereocenters. The van der Waals surface area contributed by atoms with Crippen LogP contribution >= 0.6 is 0 Å². The Hall–Kier alpha value is -9.56. The second kappa shape index (κ2) is 17.2. The molecule has 16 rings (SSSR count). The van der Waals surface area contributed by atoms with E-state index in [-0.39, 0.29) is 10.8 Å². The first-order valence-corrected chi connectivity index (χ1v) is 28.3. The first-order valence-electron chi connectivity index (χ1n) is 28.3. The summed E-state index contributed by atoms with van der Waals surface area (Å²) < 4.78 is 0. The number of benzene rings is 13. The van der Waals surface area contributed by atoms with Crippen molar-refractivity contribution in [1.82, 2.24) is 0 Å². The molecule has 0 spiro atoms. The van der Waals surface area contributed by atoms with E-state index in [1.165, 1.54) is 132 Å². The van der Waals surface area contributed by atoms with Crippen LogP contribution in [0.1, 0.15) is 72.2 Å². The van der Waals surface area contributed by atoms with Gasteiger partial charge in [-0.15, -0.1) is 0 Å². The van der Waals surface area contributed by atoms with E-state index in [4.69, 9.17) is 0 Å². The van der Waals surface area contributed by atoms with Crippen LogP contribution in [0.3, 0.4) is 0 Å². The Balaban J connectivity index is 0.883. The van der Waals surface area contributed by atoms with Gasteiger partial charge in [0, 0.05) is 27.6 Å². The van der Waals surface area contributed by atoms with Gasteiger partial charge in [0.1, 0.15) is 0 Å². The molecule has 0 amide bonds. The second-order valence-corrected chi connectivity index (χ2v) is 23.4. The molecule has 0 bridgehead atoms. The van der Waals surface area contributed by atoms with E-state index in [0.29, 0.717) is 0 Å². The zero-order valence-corrected chi connectivity index (χ0v) is 45.4. The molecule has 378 valence electrons. The number of nitrogens with zero attached hydrogens (tertiary/aromatic N) is 1. The van der Waals surface area contributed by atoms with Gasteiger partial charge in [0.25, 0.3) is 0 Å². The van der Waals surface area contributed by atoms with Crippen LogP contribution in [0.5, 0.6) is 0 Å². The number of anilines is 3. The summed E-state index contributed by atoms with van der Waals surface area (Å²) in [5, 5.41) is 7.36. The quantitative estimate of drug-likeness (QED) is 0.144. The molecule has 0 fully saturated rings. The van der Waals surface area contributed by atoms with Crippen molar-refractivity contribution in [3.63, 3.8) is 0 Å². The Morgan fingerprint density at radius 3 is 1.11 bits per heavy atom. The molecule has 13 aromatic carbocycles. The summed E-state index contributed by atoms with van der Waals surface area (Å²) >= 11 is 0. The van der Waals surface area contributed by atoms with Crippen LogP contribution < -0.4 is 4.90 Å². The van der Waals surface area contributed by atoms with Crippen molar-refractivity contribution in [2.24, 2.45) is 0 Å². The van der Waals surface area contributed by atoms with Crippen molar-refractivity contribution in [3.8, 4) is 55.6 Å². The van der Waals surface area contributed by atoms with Gasteiger partial charge in [-0.25, -0.2) is 0 Å². The summed E-state index contributed by atoms with van der Waals surface area (Å²) in [6.45, 7) is 9.54. The number of rotatable bonds is 7. The lowest BCUT2D eigenvalue weighted by atomic mass is 9.67. The van der Waals surface area contributed by atoms with E-state index < -0.39 is 5.41 Å². The minimum Gasteiger partial charge on any atom is -0.310 e. The Morgan fingerprint density at radius 2 is 0.613 bits per heavy atom. The summed E-state index contributed by atoms with van der Waals surface area (Å²) in [6.07, 6.45) is 0. The molecular formula is C79H57N. The van der Waals surface area contributed by atoms with Crippen LogP contribution in [-0.4, -0.2) is 0 Å². The molecular weight excluding hydrogens is 963 g/mol. The van der Waals surface area contributed by atoms with E-state index in [2.05, 4.69) is 306 Å². The first-order chi connectivity index (χ1) is 39.2. The molecule has 0 aromatic heterocycles. The maximum absolute atomic E-state index is 2.54. The highest BCUT2D eigenvalue weighted by Crippen LogP contribution is 2.58. The van der Waals surface area contributed by atoms with Crippen molar-refractivity contribution in [3.05, 3.63) is 317 Å². The third kappa shape index (κ3) is 6.41. The smallest absolute Gasteiger partial charge is 0.0713 e. The largest absolute Gasteiger partial charge is 0.310 e. The van der Waals surface area contributed by atoms with Crippen LogP contribution in [0, 0.1) is 0 Å². The van der Waals surface area contributed by atoms with Gasteiger partial charge in [0.05, 0.1) is 11.1 Å². The lowest BCUT2D eigenvalue weighted by molar-refractivity contribution is 0.660. The predicted octanol–water partition coefficient (Wildman–Crippen LogP) is 20.9. The van der Waals surface area contributed by atoms with Crippen molar-refractivity contribution >= 4 is 49.4 Å². The van der Waals surface area contributed by atoms with E-state index in [1.54, 1.807) is 0 Å². The highest BCUT2D eigenvalue weighted by molar-refractivity contribution is 6.24. The highest BCUT2D eigenvalue weighted by Gasteiger charge is 2.46. The average Bonchev–Trinajstić information content (AvgIpc) is 4.14. The Morgan fingerprint density at radius 1 is 0.250 bits per heavy atom. The average molecular weight is 1020 g/mol. The van der Waals surface area contributed by atoms with Gasteiger partial charge >= 0.3 is 0 Å². The van der Waals surface area contributed by atoms with Crippen molar-refractivity contribution in [2.75, 3.05) is 4.90 Å². The molecule has 3 aliphatic rings. The fourth-order valence-corrected chi connectivity index (χ4v) is 15.1. The molecule has 0 saturated carbocycles. The van der Waals surface area contributed by atoms with Gasteiger partial charge in [0.2, 0.25) is 0 Å². The lowest BCUT2D eigenvalue weighted by Crippen LogP contribution is -2.28. The SMILES string of the molecule is CC1(C)c2ccccc2-c2ccc(N(c3ccc4c(c3)C(C)(C)c3ccccc3-4)c3ccc(-c4c5ccccc5c(-c5ccc(C6(c7ccccc7)c7ccccc7-c7ccccc76)cc5)c5ccccc45)c4ccccc34)cc21. The lowest BCUT2D eigenvalue weighted by Gasteiger charge is -2.34. The Labute approximate surface area is 468 Å². The number of fused-ring (bicyclic) bond motifs is 12. The zero-order valence-electron chi connectivity index (χ0n) is 45.4. The van der Waals surface area contributed by atoms with Crippen molar-refractivity contribution in [2.45, 2.75) is 43.9 Å². The molecule has 3 aliphatic carbocycles. The number of hydrogen-bond donors (Lipinski definition) is 0. The summed E-state index contributed by atoms with van der Waals surface area (Å²) in [6, 6.07) is 103. The van der Waals surface area contributed by atoms with Crippen molar-refractivity contribution < 1.29 is 0 Å². The fraction of sp³-hybridized carbons (Fsp3) is 0.0886. The minimum atomic E-state index is -0.463. The maximum Gasteiger partial charge on any atom is 0.0713 e. The highest BCUT2D eigenvalue weighted by atomic mass is 15.1. The van der Waals surface area contributed by atoms with Crippen molar-refractivity contribution in [1.29, 1.82) is 0 Å². The summed E-state index contributed by atoms with van der Waals surface area (Å²) in [7, 11) is 0. The molecule has 0 saturated heterocycles. The zero-order chi connectivity index (χ0) is 53.5. The summed E-state index contributed by atoms with van der Waals surface area (Å²) in [5.74, 6) is 0. The van der Waals surface area contributed by atoms with Gasteiger partial charge < -0.3 is 4.90 Å². The minimum absolute atomic E-state index is 0.157. The Bertz CT molecular complexity index is 4500. The van der Waals surface area contributed by atoms with Gasteiger partial charge in [-0.1, -0.05) is 270 Å². The predicted molar refractivity (Wildman–Crippen MR) is 337 cm³/mol. The molecule has 0 radical (unpaired) electrons. The van der Waals surface area contributed by atoms with Gasteiger partial charge in [0.15, 0.2) is 0 Å². The Kier molecular flexibility index (Phi) is 10.0. The summed E-state index contributed by atoms with van der Waals surface area (Å²) in [5.41, 5.74) is 26.2. The molecule has 0 aliphatic heterocycles. The molecule has 1 nitrogen and oxygen atoms in total. The van der Waals surface area contributed by atoms with E-state index in [9.17, 15) is 0 Å². The van der Waals surface area contributed by atoms with Gasteiger partial charge in [-0.3, -0.25) is 0 Å². The molecule has 0 N–H and O–H groups in total. The normalized spacial score (nSPS) is 14.6. The maximum atomic E-state index is 2.54. The van der Waals surface area contributed by atoms with E-state index in [1.807, 2.05) is 0 Å². The fourth-order valence-electron chi connectivity index (χ4n) is 15.1. The standard InChI is InChI=1S/C79H57N/c1-77(2)68-34-18-14-25-56(68)60-44-42-53(48-72(60)77)80(54-43-45-61-57-26-15-19-35-69(57)78(3,4)73(61)49-54)74-47-46-67(55-24-8-9-29-62(55)74)76-65-32-12-10-30-63(65)75(64-31-11-13-33-66(64)76)50-38-40-52(41-39-50)79(51-22-6-5-7-23-51)70-36-20-16-27-58(70)59-28-17-21-37-71(59)79/h5-49H,1-4H3. The van der Waals surface area contributed by atoms with E-state index >= 15 is 0 Å². The van der Waals surface area contributed by atoms with Crippen LogP contribution in [-0.2, 0) is 16.2 Å². The molecule has 1 heteroatoms. The number of hydrogen-bond acceptors (Lipinski definition) is 1.